The zero-order valence-electron chi connectivity index (χ0n) is 15.7. The predicted octanol–water partition coefficient (Wildman–Crippen LogP) is 0.751. The molecule has 1 aliphatic heterocycles. The van der Waals surface area contributed by atoms with Crippen molar-refractivity contribution in [2.75, 3.05) is 38.1 Å². The number of aliphatic imine (C=N–C) groups is 1. The fraction of sp³-hybridized carbons (Fsp3) is 0.529. The Morgan fingerprint density at radius 3 is 2.65 bits per heavy atom. The first-order valence-electron chi connectivity index (χ1n) is 8.64. The van der Waals surface area contributed by atoms with E-state index in [1.54, 1.807) is 42.4 Å². The van der Waals surface area contributed by atoms with Gasteiger partial charge in [-0.1, -0.05) is 0 Å². The first-order valence-corrected chi connectivity index (χ1v) is 9.46. The van der Waals surface area contributed by atoms with Crippen LogP contribution in [0.4, 0.5) is 5.82 Å². The molecule has 0 unspecified atom stereocenters. The van der Waals surface area contributed by atoms with Crippen LogP contribution in [-0.4, -0.2) is 58.6 Å². The second kappa shape index (κ2) is 7.86. The molecule has 1 aliphatic rings. The smallest absolute Gasteiger partial charge is 0.293 e. The Bertz CT molecular complexity index is 830. The van der Waals surface area contributed by atoms with E-state index in [0.717, 1.165) is 42.8 Å². The summed E-state index contributed by atoms with van der Waals surface area (Å²) in [6.07, 6.45) is 3.34. The third-order valence-corrected chi connectivity index (χ3v) is 5.63. The Morgan fingerprint density at radius 2 is 2.04 bits per heavy atom. The van der Waals surface area contributed by atoms with E-state index in [1.807, 2.05) is 11.8 Å². The van der Waals surface area contributed by atoms with Crippen LogP contribution in [0.1, 0.15) is 15.6 Å². The highest BCUT2D eigenvalue weighted by molar-refractivity contribution is 7.11. The van der Waals surface area contributed by atoms with Crippen LogP contribution >= 0.6 is 11.3 Å². The summed E-state index contributed by atoms with van der Waals surface area (Å²) < 4.78 is 1.56. The molecule has 0 aromatic carbocycles. The van der Waals surface area contributed by atoms with Crippen LogP contribution in [0.2, 0.25) is 0 Å². The molecule has 0 saturated carbocycles. The van der Waals surface area contributed by atoms with Gasteiger partial charge in [-0.25, -0.2) is 9.97 Å². The van der Waals surface area contributed by atoms with Crippen molar-refractivity contribution in [2.45, 2.75) is 20.4 Å². The Morgan fingerprint density at radius 1 is 1.31 bits per heavy atom. The van der Waals surface area contributed by atoms with Crippen LogP contribution < -0.4 is 15.8 Å². The van der Waals surface area contributed by atoms with Crippen LogP contribution in [0.5, 0.6) is 0 Å². The highest BCUT2D eigenvalue weighted by Crippen LogP contribution is 2.16. The van der Waals surface area contributed by atoms with E-state index in [-0.39, 0.29) is 5.56 Å². The lowest BCUT2D eigenvalue weighted by atomic mass is 10.3. The van der Waals surface area contributed by atoms with E-state index in [0.29, 0.717) is 12.4 Å². The molecule has 140 valence electrons. The van der Waals surface area contributed by atoms with Gasteiger partial charge in [0.2, 0.25) is 0 Å². The minimum Gasteiger partial charge on any atom is -0.350 e. The molecule has 0 atom stereocenters. The SMILES string of the molecule is CN=C(NCc1nc(C)c(C)s1)N1CCN(c2nccn(C)c2=O)CC1. The molecule has 0 radical (unpaired) electrons. The number of hydrogen-bond acceptors (Lipinski definition) is 6. The molecule has 2 aromatic heterocycles. The van der Waals surface area contributed by atoms with E-state index < -0.39 is 0 Å². The number of thiazole rings is 1. The highest BCUT2D eigenvalue weighted by atomic mass is 32.1. The molecule has 1 fully saturated rings. The number of hydrogen-bond donors (Lipinski definition) is 1. The molecular weight excluding hydrogens is 350 g/mol. The number of aromatic nitrogens is 3. The molecule has 0 bridgehead atoms. The Hall–Kier alpha value is -2.42. The van der Waals surface area contributed by atoms with Gasteiger partial charge in [-0.15, -0.1) is 11.3 Å². The molecular formula is C17H25N7OS. The van der Waals surface area contributed by atoms with Gasteiger partial charge >= 0.3 is 0 Å². The van der Waals surface area contributed by atoms with Gasteiger partial charge in [0.1, 0.15) is 5.01 Å². The lowest BCUT2D eigenvalue weighted by Gasteiger charge is -2.36. The number of nitrogens with one attached hydrogen (secondary N) is 1. The zero-order chi connectivity index (χ0) is 18.7. The van der Waals surface area contributed by atoms with Gasteiger partial charge in [0.15, 0.2) is 11.8 Å². The lowest BCUT2D eigenvalue weighted by Crippen LogP contribution is -2.53. The molecule has 3 rings (SSSR count). The maximum Gasteiger partial charge on any atom is 0.293 e. The van der Waals surface area contributed by atoms with E-state index in [4.69, 9.17) is 0 Å². The van der Waals surface area contributed by atoms with E-state index >= 15 is 0 Å². The van der Waals surface area contributed by atoms with Crippen molar-refractivity contribution >= 4 is 23.1 Å². The minimum absolute atomic E-state index is 0.0574. The van der Waals surface area contributed by atoms with Crippen molar-refractivity contribution < 1.29 is 0 Å². The molecule has 3 heterocycles. The summed E-state index contributed by atoms with van der Waals surface area (Å²) in [6, 6.07) is 0. The second-order valence-corrected chi connectivity index (χ2v) is 7.58. The highest BCUT2D eigenvalue weighted by Gasteiger charge is 2.22. The van der Waals surface area contributed by atoms with Gasteiger partial charge < -0.3 is 19.7 Å². The average Bonchev–Trinajstić information content (AvgIpc) is 2.96. The molecule has 9 heteroatoms. The fourth-order valence-corrected chi connectivity index (χ4v) is 3.81. The molecule has 2 aromatic rings. The maximum atomic E-state index is 12.2. The maximum absolute atomic E-state index is 12.2. The number of guanidine groups is 1. The zero-order valence-corrected chi connectivity index (χ0v) is 16.5. The third-order valence-electron chi connectivity index (χ3n) is 4.56. The Kier molecular flexibility index (Phi) is 5.55. The van der Waals surface area contributed by atoms with Crippen LogP contribution in [0, 0.1) is 13.8 Å². The van der Waals surface area contributed by atoms with Gasteiger partial charge in [-0.2, -0.15) is 0 Å². The molecule has 26 heavy (non-hydrogen) atoms. The number of rotatable bonds is 3. The van der Waals surface area contributed by atoms with Gasteiger partial charge in [0, 0.05) is 57.5 Å². The quantitative estimate of drug-likeness (QED) is 0.630. The number of aryl methyl sites for hydroxylation is 3. The Labute approximate surface area is 157 Å². The summed E-state index contributed by atoms with van der Waals surface area (Å²) in [6.45, 7) is 7.85. The summed E-state index contributed by atoms with van der Waals surface area (Å²) in [5.74, 6) is 1.38. The fourth-order valence-electron chi connectivity index (χ4n) is 2.93. The summed E-state index contributed by atoms with van der Waals surface area (Å²) in [4.78, 5) is 30.9. The van der Waals surface area contributed by atoms with Crippen LogP contribution in [0.15, 0.2) is 22.2 Å². The monoisotopic (exact) mass is 375 g/mol. The normalized spacial score (nSPS) is 15.5. The summed E-state index contributed by atoms with van der Waals surface area (Å²) in [5.41, 5.74) is 1.03. The molecule has 0 aliphatic carbocycles. The molecule has 0 spiro atoms. The molecule has 1 N–H and O–H groups in total. The molecule has 0 amide bonds. The lowest BCUT2D eigenvalue weighted by molar-refractivity contribution is 0.370. The number of anilines is 1. The molecule has 8 nitrogen and oxygen atoms in total. The van der Waals surface area contributed by atoms with E-state index in [9.17, 15) is 4.79 Å². The van der Waals surface area contributed by atoms with Crippen molar-refractivity contribution in [3.63, 3.8) is 0 Å². The number of piperazine rings is 1. The van der Waals surface area contributed by atoms with Crippen molar-refractivity contribution in [1.29, 1.82) is 0 Å². The van der Waals surface area contributed by atoms with Crippen molar-refractivity contribution in [2.24, 2.45) is 12.0 Å². The first kappa shape index (κ1) is 18.4. The van der Waals surface area contributed by atoms with Crippen LogP contribution in [0.25, 0.3) is 0 Å². The van der Waals surface area contributed by atoms with Crippen LogP contribution in [-0.2, 0) is 13.6 Å². The standard InChI is InChI=1S/C17H25N7OS/c1-12-13(2)26-14(21-12)11-20-17(18-3)24-9-7-23(8-10-24)15-16(25)22(4)6-5-19-15/h5-6H,7-11H2,1-4H3,(H,18,20). The van der Waals surface area contributed by atoms with Gasteiger partial charge in [0.05, 0.1) is 12.2 Å². The topological polar surface area (TPSA) is 78.7 Å². The van der Waals surface area contributed by atoms with E-state index in [1.165, 1.54) is 4.88 Å². The number of nitrogens with zero attached hydrogens (tertiary/aromatic N) is 6. The van der Waals surface area contributed by atoms with Gasteiger partial charge in [-0.05, 0) is 13.8 Å². The van der Waals surface area contributed by atoms with Crippen molar-refractivity contribution in [3.05, 3.63) is 38.3 Å². The first-order chi connectivity index (χ1) is 12.5. The van der Waals surface area contributed by atoms with Gasteiger partial charge in [0.25, 0.3) is 5.56 Å². The summed E-state index contributed by atoms with van der Waals surface area (Å²) in [5, 5.41) is 4.46. The average molecular weight is 376 g/mol. The molecule has 1 saturated heterocycles. The van der Waals surface area contributed by atoms with E-state index in [2.05, 4.69) is 32.1 Å². The van der Waals surface area contributed by atoms with Crippen LogP contribution in [0.3, 0.4) is 0 Å². The Balaban J connectivity index is 1.59. The second-order valence-electron chi connectivity index (χ2n) is 6.29. The minimum atomic E-state index is -0.0574. The third kappa shape index (κ3) is 3.87. The summed E-state index contributed by atoms with van der Waals surface area (Å²) in [7, 11) is 3.54. The van der Waals surface area contributed by atoms with Gasteiger partial charge in [-0.3, -0.25) is 9.79 Å². The predicted molar refractivity (Wildman–Crippen MR) is 105 cm³/mol. The van der Waals surface area contributed by atoms with Crippen molar-refractivity contribution in [1.82, 2.24) is 24.8 Å². The van der Waals surface area contributed by atoms with Crippen molar-refractivity contribution in [3.8, 4) is 0 Å². The largest absolute Gasteiger partial charge is 0.350 e. The summed E-state index contributed by atoms with van der Waals surface area (Å²) >= 11 is 1.71.